The van der Waals surface area contributed by atoms with Crippen LogP contribution in [-0.2, 0) is 11.2 Å². The summed E-state index contributed by atoms with van der Waals surface area (Å²) in [5.41, 5.74) is 2.93. The molecule has 146 valence electrons. The summed E-state index contributed by atoms with van der Waals surface area (Å²) in [6.07, 6.45) is 0.489. The third-order valence-corrected chi connectivity index (χ3v) is 5.66. The minimum atomic E-state index is -0.273. The van der Waals surface area contributed by atoms with E-state index < -0.39 is 0 Å². The third-order valence-electron chi connectivity index (χ3n) is 5.66. The Morgan fingerprint density at radius 1 is 1.18 bits per heavy atom. The van der Waals surface area contributed by atoms with Gasteiger partial charge in [-0.3, -0.25) is 14.5 Å². The number of aryl methyl sites for hydroxylation is 1. The van der Waals surface area contributed by atoms with E-state index in [0.717, 1.165) is 17.7 Å². The molecule has 2 heterocycles. The molecular weight excluding hydrogens is 357 g/mol. The van der Waals surface area contributed by atoms with E-state index in [1.54, 1.807) is 17.9 Å². The Morgan fingerprint density at radius 2 is 2.00 bits per heavy atom. The molecule has 2 aliphatic rings. The second-order valence-corrected chi connectivity index (χ2v) is 7.51. The highest BCUT2D eigenvalue weighted by atomic mass is 19.1. The average Bonchev–Trinajstić information content (AvgIpc) is 2.71. The summed E-state index contributed by atoms with van der Waals surface area (Å²) in [7, 11) is 0. The first-order chi connectivity index (χ1) is 13.5. The number of carbonyl (C=O) groups excluding carboxylic acids is 2. The van der Waals surface area contributed by atoms with Gasteiger partial charge in [-0.05, 0) is 42.2 Å². The average molecular weight is 381 g/mol. The van der Waals surface area contributed by atoms with Gasteiger partial charge in [0, 0.05) is 38.3 Å². The van der Waals surface area contributed by atoms with E-state index in [9.17, 15) is 14.0 Å². The second-order valence-electron chi connectivity index (χ2n) is 7.51. The summed E-state index contributed by atoms with van der Waals surface area (Å²) in [5, 5.41) is 2.88. The van der Waals surface area contributed by atoms with Gasteiger partial charge in [-0.1, -0.05) is 30.3 Å². The van der Waals surface area contributed by atoms with Crippen LogP contribution in [0.3, 0.4) is 0 Å². The Kier molecular flexibility index (Phi) is 5.13. The number of fused-ring (bicyclic) bond motifs is 1. The number of nitrogens with zero attached hydrogens (tertiary/aromatic N) is 2. The van der Waals surface area contributed by atoms with Crippen LogP contribution in [0.2, 0.25) is 0 Å². The molecule has 0 aliphatic carbocycles. The predicted octanol–water partition coefficient (Wildman–Crippen LogP) is 1.98. The molecule has 5 nitrogen and oxygen atoms in total. The maximum atomic E-state index is 13.9. The molecule has 2 aromatic carbocycles. The lowest BCUT2D eigenvalue weighted by molar-refractivity contribution is -0.131. The van der Waals surface area contributed by atoms with Crippen molar-refractivity contribution in [1.82, 2.24) is 15.1 Å². The van der Waals surface area contributed by atoms with Crippen molar-refractivity contribution in [1.29, 1.82) is 0 Å². The standard InChI is InChI=1S/C22H24FN3O2/c1-15-6-7-16(13-19(15)23)12-17-4-2-3-5-18(17)22(28)26-11-10-25-9-8-24-21(27)20(25)14-26/h2-7,13,20H,8-12,14H2,1H3,(H,24,27)/t20-/m1/s1. The highest BCUT2D eigenvalue weighted by Crippen LogP contribution is 2.21. The summed E-state index contributed by atoms with van der Waals surface area (Å²) >= 11 is 0. The summed E-state index contributed by atoms with van der Waals surface area (Å²) in [6.45, 7) is 4.94. The van der Waals surface area contributed by atoms with E-state index in [2.05, 4.69) is 10.2 Å². The van der Waals surface area contributed by atoms with Crippen molar-refractivity contribution in [3.05, 3.63) is 70.5 Å². The van der Waals surface area contributed by atoms with Gasteiger partial charge in [-0.15, -0.1) is 0 Å². The molecule has 28 heavy (non-hydrogen) atoms. The van der Waals surface area contributed by atoms with Gasteiger partial charge in [-0.2, -0.15) is 0 Å². The first-order valence-electron chi connectivity index (χ1n) is 9.67. The molecule has 0 saturated carbocycles. The zero-order valence-corrected chi connectivity index (χ0v) is 16.0. The maximum Gasteiger partial charge on any atom is 0.254 e. The molecule has 0 radical (unpaired) electrons. The van der Waals surface area contributed by atoms with Crippen molar-refractivity contribution in [3.63, 3.8) is 0 Å². The molecule has 1 N–H and O–H groups in total. The van der Waals surface area contributed by atoms with Gasteiger partial charge in [0.1, 0.15) is 11.9 Å². The third kappa shape index (κ3) is 3.64. The molecule has 0 spiro atoms. The van der Waals surface area contributed by atoms with Crippen LogP contribution >= 0.6 is 0 Å². The number of hydrogen-bond donors (Lipinski definition) is 1. The predicted molar refractivity (Wildman–Crippen MR) is 105 cm³/mol. The molecule has 2 fully saturated rings. The Balaban J connectivity index is 1.55. The van der Waals surface area contributed by atoms with Crippen molar-refractivity contribution >= 4 is 11.8 Å². The number of rotatable bonds is 3. The molecule has 6 heteroatoms. The number of benzene rings is 2. The molecular formula is C22H24FN3O2. The van der Waals surface area contributed by atoms with E-state index in [-0.39, 0.29) is 23.7 Å². The fraction of sp³-hybridized carbons (Fsp3) is 0.364. The minimum Gasteiger partial charge on any atom is -0.353 e. The number of amides is 2. The number of piperazine rings is 2. The molecule has 2 saturated heterocycles. The topological polar surface area (TPSA) is 52.7 Å². The lowest BCUT2D eigenvalue weighted by Crippen LogP contribution is -2.64. The summed E-state index contributed by atoms with van der Waals surface area (Å²) in [4.78, 5) is 29.3. The number of halogens is 1. The SMILES string of the molecule is Cc1ccc(Cc2ccccc2C(=O)N2CCN3CCNC(=O)[C@H]3C2)cc1F. The molecule has 2 amide bonds. The van der Waals surface area contributed by atoms with E-state index in [1.807, 2.05) is 30.3 Å². The van der Waals surface area contributed by atoms with Crippen molar-refractivity contribution in [2.75, 3.05) is 32.7 Å². The summed E-state index contributed by atoms with van der Waals surface area (Å²) in [5.74, 6) is -0.311. The van der Waals surface area contributed by atoms with Crippen molar-refractivity contribution in [2.24, 2.45) is 0 Å². The first-order valence-corrected chi connectivity index (χ1v) is 9.67. The van der Waals surface area contributed by atoms with Gasteiger partial charge in [0.25, 0.3) is 5.91 Å². The second kappa shape index (κ2) is 7.72. The number of carbonyl (C=O) groups is 2. The fourth-order valence-electron chi connectivity index (χ4n) is 3.98. The van der Waals surface area contributed by atoms with Crippen molar-refractivity contribution < 1.29 is 14.0 Å². The minimum absolute atomic E-state index is 0.00725. The monoisotopic (exact) mass is 381 g/mol. The Bertz CT molecular complexity index is 914. The van der Waals surface area contributed by atoms with Crippen LogP contribution in [0.5, 0.6) is 0 Å². The Morgan fingerprint density at radius 3 is 2.82 bits per heavy atom. The molecule has 0 unspecified atom stereocenters. The van der Waals surface area contributed by atoms with Crippen LogP contribution in [0, 0.1) is 12.7 Å². The lowest BCUT2D eigenvalue weighted by atomic mass is 9.97. The summed E-state index contributed by atoms with van der Waals surface area (Å²) in [6, 6.07) is 12.4. The van der Waals surface area contributed by atoms with Crippen LogP contribution < -0.4 is 5.32 Å². The molecule has 4 rings (SSSR count). The Hall–Kier alpha value is -2.73. The smallest absolute Gasteiger partial charge is 0.254 e. The van der Waals surface area contributed by atoms with Gasteiger partial charge in [0.2, 0.25) is 5.91 Å². The normalized spacial score (nSPS) is 19.9. The largest absolute Gasteiger partial charge is 0.353 e. The van der Waals surface area contributed by atoms with E-state index >= 15 is 0 Å². The molecule has 0 bridgehead atoms. The first kappa shape index (κ1) is 18.6. The molecule has 2 aromatic rings. The van der Waals surface area contributed by atoms with Crippen molar-refractivity contribution in [2.45, 2.75) is 19.4 Å². The molecule has 0 aromatic heterocycles. The van der Waals surface area contributed by atoms with Crippen LogP contribution in [0.4, 0.5) is 4.39 Å². The zero-order chi connectivity index (χ0) is 19.7. The van der Waals surface area contributed by atoms with Gasteiger partial charge in [-0.25, -0.2) is 4.39 Å². The summed E-state index contributed by atoms with van der Waals surface area (Å²) < 4.78 is 13.9. The van der Waals surface area contributed by atoms with Gasteiger partial charge in [0.05, 0.1) is 0 Å². The Labute approximate surface area is 164 Å². The lowest BCUT2D eigenvalue weighted by Gasteiger charge is -2.43. The van der Waals surface area contributed by atoms with Crippen LogP contribution in [-0.4, -0.2) is 60.4 Å². The fourth-order valence-corrected chi connectivity index (χ4v) is 3.98. The van der Waals surface area contributed by atoms with Gasteiger partial charge >= 0.3 is 0 Å². The number of hydrogen-bond acceptors (Lipinski definition) is 3. The van der Waals surface area contributed by atoms with Gasteiger partial charge in [0.15, 0.2) is 0 Å². The van der Waals surface area contributed by atoms with E-state index in [1.165, 1.54) is 6.07 Å². The highest BCUT2D eigenvalue weighted by Gasteiger charge is 2.36. The van der Waals surface area contributed by atoms with Crippen LogP contribution in [0.15, 0.2) is 42.5 Å². The maximum absolute atomic E-state index is 13.9. The van der Waals surface area contributed by atoms with E-state index in [4.69, 9.17) is 0 Å². The van der Waals surface area contributed by atoms with Crippen LogP contribution in [0.25, 0.3) is 0 Å². The van der Waals surface area contributed by atoms with E-state index in [0.29, 0.717) is 43.7 Å². The zero-order valence-electron chi connectivity index (χ0n) is 16.0. The molecule has 2 aliphatic heterocycles. The number of nitrogens with one attached hydrogen (secondary N) is 1. The van der Waals surface area contributed by atoms with Crippen molar-refractivity contribution in [3.8, 4) is 0 Å². The van der Waals surface area contributed by atoms with Crippen LogP contribution in [0.1, 0.15) is 27.0 Å². The van der Waals surface area contributed by atoms with Gasteiger partial charge < -0.3 is 10.2 Å². The highest BCUT2D eigenvalue weighted by molar-refractivity contribution is 5.96. The molecule has 1 atom stereocenters. The quantitative estimate of drug-likeness (QED) is 0.885.